The first kappa shape index (κ1) is 20.4. The van der Waals surface area contributed by atoms with Crippen molar-refractivity contribution in [3.05, 3.63) is 70.7 Å². The molecule has 1 aliphatic heterocycles. The van der Waals surface area contributed by atoms with Gasteiger partial charge in [-0.25, -0.2) is 0 Å². The summed E-state index contributed by atoms with van der Waals surface area (Å²) in [6.45, 7) is 4.26. The van der Waals surface area contributed by atoms with Gasteiger partial charge in [0.05, 0.1) is 16.6 Å². The summed E-state index contributed by atoms with van der Waals surface area (Å²) in [5, 5.41) is 6.09. The number of hydrogen-bond acceptors (Lipinski definition) is 3. The van der Waals surface area contributed by atoms with E-state index in [9.17, 15) is 9.59 Å². The molecule has 5 nitrogen and oxygen atoms in total. The van der Waals surface area contributed by atoms with Gasteiger partial charge in [-0.3, -0.25) is 14.5 Å². The maximum atomic E-state index is 12.6. The van der Waals surface area contributed by atoms with Crippen LogP contribution < -0.4 is 10.6 Å². The summed E-state index contributed by atoms with van der Waals surface area (Å²) in [5.74, 6) is -0.562. The standard InChI is InChI=1S/C22H26ClN3O2/c1-16(25-22(28)18-11-5-6-12-19(18)23)21(27)24-15-20(26-13-7-8-14-26)17-9-3-2-4-10-17/h2-6,9-12,16,20H,7-8,13-15H2,1H3,(H,24,27)(H,25,28). The Hall–Kier alpha value is -2.37. The quantitative estimate of drug-likeness (QED) is 0.750. The van der Waals surface area contributed by atoms with Gasteiger partial charge in [-0.05, 0) is 50.6 Å². The number of amides is 2. The predicted octanol–water partition coefficient (Wildman–Crippen LogP) is 3.41. The summed E-state index contributed by atoms with van der Waals surface area (Å²) in [7, 11) is 0. The van der Waals surface area contributed by atoms with Gasteiger partial charge in [0.1, 0.15) is 6.04 Å². The predicted molar refractivity (Wildman–Crippen MR) is 111 cm³/mol. The lowest BCUT2D eigenvalue weighted by Crippen LogP contribution is -2.47. The fraction of sp³-hybridized carbons (Fsp3) is 0.364. The van der Waals surface area contributed by atoms with Crippen LogP contribution in [0.5, 0.6) is 0 Å². The molecular formula is C22H26ClN3O2. The van der Waals surface area contributed by atoms with Gasteiger partial charge in [-0.1, -0.05) is 54.1 Å². The van der Waals surface area contributed by atoms with E-state index < -0.39 is 6.04 Å². The minimum absolute atomic E-state index is 0.138. The van der Waals surface area contributed by atoms with Crippen molar-refractivity contribution in [2.24, 2.45) is 0 Å². The van der Waals surface area contributed by atoms with Crippen LogP contribution in [0.1, 0.15) is 41.7 Å². The molecule has 0 saturated carbocycles. The second-order valence-corrected chi connectivity index (χ2v) is 7.50. The molecule has 2 atom stereocenters. The van der Waals surface area contributed by atoms with Crippen molar-refractivity contribution >= 4 is 23.4 Å². The molecule has 2 amide bonds. The maximum Gasteiger partial charge on any atom is 0.253 e. The van der Waals surface area contributed by atoms with E-state index in [1.54, 1.807) is 31.2 Å². The number of halogens is 1. The molecule has 0 aliphatic carbocycles. The van der Waals surface area contributed by atoms with Gasteiger partial charge >= 0.3 is 0 Å². The number of rotatable bonds is 7. The van der Waals surface area contributed by atoms with Crippen LogP contribution >= 0.6 is 11.6 Å². The molecule has 2 aromatic carbocycles. The molecule has 0 spiro atoms. The Labute approximate surface area is 171 Å². The smallest absolute Gasteiger partial charge is 0.253 e. The Bertz CT molecular complexity index is 806. The Kier molecular flexibility index (Phi) is 7.06. The molecule has 1 saturated heterocycles. The molecule has 1 fully saturated rings. The molecule has 2 aromatic rings. The molecule has 148 valence electrons. The van der Waals surface area contributed by atoms with Gasteiger partial charge in [-0.15, -0.1) is 0 Å². The van der Waals surface area contributed by atoms with E-state index in [2.05, 4.69) is 27.7 Å². The molecule has 28 heavy (non-hydrogen) atoms. The largest absolute Gasteiger partial charge is 0.352 e. The molecule has 0 aromatic heterocycles. The van der Waals surface area contributed by atoms with Crippen LogP contribution in [0.25, 0.3) is 0 Å². The average Bonchev–Trinajstić information content (AvgIpc) is 3.23. The maximum absolute atomic E-state index is 12.6. The van der Waals surface area contributed by atoms with E-state index in [1.165, 1.54) is 18.4 Å². The first-order chi connectivity index (χ1) is 13.6. The zero-order chi connectivity index (χ0) is 19.9. The minimum atomic E-state index is -0.654. The van der Waals surface area contributed by atoms with Gasteiger partial charge in [-0.2, -0.15) is 0 Å². The monoisotopic (exact) mass is 399 g/mol. The summed E-state index contributed by atoms with van der Waals surface area (Å²) in [6, 6.07) is 16.5. The number of nitrogens with zero attached hydrogens (tertiary/aromatic N) is 1. The van der Waals surface area contributed by atoms with E-state index >= 15 is 0 Å². The Morgan fingerprint density at radius 1 is 1.04 bits per heavy atom. The molecule has 3 rings (SSSR count). The first-order valence-electron chi connectivity index (χ1n) is 9.68. The normalized spacial score (nSPS) is 16.4. The zero-order valence-electron chi connectivity index (χ0n) is 16.0. The van der Waals surface area contributed by atoms with Crippen molar-refractivity contribution in [3.8, 4) is 0 Å². The van der Waals surface area contributed by atoms with E-state index in [0.717, 1.165) is 13.1 Å². The van der Waals surface area contributed by atoms with Crippen LogP contribution in [0.3, 0.4) is 0 Å². The van der Waals surface area contributed by atoms with Crippen molar-refractivity contribution < 1.29 is 9.59 Å². The van der Waals surface area contributed by atoms with E-state index in [4.69, 9.17) is 11.6 Å². The topological polar surface area (TPSA) is 61.4 Å². The van der Waals surface area contributed by atoms with Crippen molar-refractivity contribution in [3.63, 3.8) is 0 Å². The van der Waals surface area contributed by atoms with Crippen molar-refractivity contribution in [2.75, 3.05) is 19.6 Å². The van der Waals surface area contributed by atoms with Crippen molar-refractivity contribution in [1.29, 1.82) is 0 Å². The molecule has 0 radical (unpaired) electrons. The number of carbonyl (C=O) groups is 2. The lowest BCUT2D eigenvalue weighted by molar-refractivity contribution is -0.122. The van der Waals surface area contributed by atoms with Crippen molar-refractivity contribution in [1.82, 2.24) is 15.5 Å². The van der Waals surface area contributed by atoms with E-state index in [0.29, 0.717) is 17.1 Å². The van der Waals surface area contributed by atoms with Crippen LogP contribution in [-0.4, -0.2) is 42.4 Å². The van der Waals surface area contributed by atoms with Gasteiger partial charge in [0.2, 0.25) is 5.91 Å². The number of hydrogen-bond donors (Lipinski definition) is 2. The highest BCUT2D eigenvalue weighted by Gasteiger charge is 2.25. The van der Waals surface area contributed by atoms with Crippen LogP contribution in [0.15, 0.2) is 54.6 Å². The Morgan fingerprint density at radius 2 is 1.68 bits per heavy atom. The summed E-state index contributed by atoms with van der Waals surface area (Å²) < 4.78 is 0. The molecule has 1 aliphatic rings. The second-order valence-electron chi connectivity index (χ2n) is 7.09. The molecular weight excluding hydrogens is 374 g/mol. The van der Waals surface area contributed by atoms with Crippen LogP contribution in [-0.2, 0) is 4.79 Å². The third kappa shape index (κ3) is 5.12. The fourth-order valence-electron chi connectivity index (χ4n) is 3.52. The fourth-order valence-corrected chi connectivity index (χ4v) is 3.74. The Morgan fingerprint density at radius 3 is 2.36 bits per heavy atom. The zero-order valence-corrected chi connectivity index (χ0v) is 16.8. The summed E-state index contributed by atoms with van der Waals surface area (Å²) in [5.41, 5.74) is 1.56. The molecule has 6 heteroatoms. The van der Waals surface area contributed by atoms with Gasteiger partial charge in [0.15, 0.2) is 0 Å². The molecule has 2 N–H and O–H groups in total. The molecule has 1 heterocycles. The third-order valence-corrected chi connectivity index (χ3v) is 5.42. The van der Waals surface area contributed by atoms with E-state index in [1.807, 2.05) is 18.2 Å². The minimum Gasteiger partial charge on any atom is -0.352 e. The lowest BCUT2D eigenvalue weighted by Gasteiger charge is -2.28. The highest BCUT2D eigenvalue weighted by Crippen LogP contribution is 2.24. The van der Waals surface area contributed by atoms with Gasteiger partial charge < -0.3 is 10.6 Å². The van der Waals surface area contributed by atoms with Crippen LogP contribution in [0.2, 0.25) is 5.02 Å². The van der Waals surface area contributed by atoms with Gasteiger partial charge in [0.25, 0.3) is 5.91 Å². The summed E-state index contributed by atoms with van der Waals surface area (Å²) >= 11 is 6.06. The number of nitrogens with one attached hydrogen (secondary N) is 2. The first-order valence-corrected chi connectivity index (χ1v) is 10.1. The molecule has 2 unspecified atom stereocenters. The third-order valence-electron chi connectivity index (χ3n) is 5.09. The van der Waals surface area contributed by atoms with Gasteiger partial charge in [0, 0.05) is 6.54 Å². The summed E-state index contributed by atoms with van der Waals surface area (Å²) in [4.78, 5) is 27.3. The number of likely N-dealkylation sites (tertiary alicyclic amines) is 1. The second kappa shape index (κ2) is 9.71. The van der Waals surface area contributed by atoms with E-state index in [-0.39, 0.29) is 17.9 Å². The Balaban J connectivity index is 1.59. The van der Waals surface area contributed by atoms with Crippen LogP contribution in [0, 0.1) is 0 Å². The lowest BCUT2D eigenvalue weighted by atomic mass is 10.1. The molecule has 0 bridgehead atoms. The number of benzene rings is 2. The number of carbonyl (C=O) groups excluding carboxylic acids is 2. The SMILES string of the molecule is CC(NC(=O)c1ccccc1Cl)C(=O)NCC(c1ccccc1)N1CCCC1. The highest BCUT2D eigenvalue weighted by atomic mass is 35.5. The van der Waals surface area contributed by atoms with Crippen molar-refractivity contribution in [2.45, 2.75) is 31.8 Å². The van der Waals surface area contributed by atoms with Crippen LogP contribution in [0.4, 0.5) is 0 Å². The average molecular weight is 400 g/mol. The highest BCUT2D eigenvalue weighted by molar-refractivity contribution is 6.33. The summed E-state index contributed by atoms with van der Waals surface area (Å²) in [6.07, 6.45) is 2.36.